The molecule has 4 heteroatoms. The van der Waals surface area contributed by atoms with E-state index in [0.29, 0.717) is 5.02 Å². The van der Waals surface area contributed by atoms with Gasteiger partial charge in [-0.15, -0.1) is 0 Å². The molecule has 78 valence electrons. The molecule has 2 rings (SSSR count). The Bertz CT molecular complexity index is 516. The number of hydrogen-bond donors (Lipinski definition) is 0. The van der Waals surface area contributed by atoms with E-state index in [1.54, 1.807) is 24.9 Å². The monoisotopic (exact) mass is 222 g/mol. The molecule has 1 aromatic carbocycles. The molecule has 3 nitrogen and oxygen atoms in total. The van der Waals surface area contributed by atoms with Crippen LogP contribution < -0.4 is 0 Å². The summed E-state index contributed by atoms with van der Waals surface area (Å²) in [6, 6.07) is 7.30. The van der Waals surface area contributed by atoms with E-state index in [9.17, 15) is 4.79 Å². The first-order valence-corrected chi connectivity index (χ1v) is 4.96. The minimum Gasteiger partial charge on any atom is -0.330 e. The van der Waals surface area contributed by atoms with Crippen molar-refractivity contribution in [2.75, 3.05) is 14.1 Å². The molecule has 0 radical (unpaired) electrons. The molecule has 1 aromatic heterocycles. The van der Waals surface area contributed by atoms with Gasteiger partial charge in [-0.05, 0) is 18.2 Å². The first kappa shape index (κ1) is 10.1. The molecule has 0 aliphatic carbocycles. The minimum absolute atomic E-state index is 0.0766. The van der Waals surface area contributed by atoms with Gasteiger partial charge in [0, 0.05) is 30.7 Å². The Morgan fingerprint density at radius 1 is 1.33 bits per heavy atom. The largest absolute Gasteiger partial charge is 0.330 e. The van der Waals surface area contributed by atoms with Gasteiger partial charge in [-0.25, -0.2) is 4.79 Å². The van der Waals surface area contributed by atoms with E-state index >= 15 is 0 Å². The Balaban J connectivity index is 2.64. The third-order valence-corrected chi connectivity index (χ3v) is 2.60. The Morgan fingerprint density at radius 2 is 2.07 bits per heavy atom. The predicted octanol–water partition coefficient (Wildman–Crippen LogP) is 2.82. The number of aromatic nitrogens is 1. The maximum absolute atomic E-state index is 11.8. The maximum Gasteiger partial charge on any atom is 0.328 e. The van der Waals surface area contributed by atoms with Crippen LogP contribution in [-0.4, -0.2) is 29.6 Å². The molecule has 2 aromatic rings. The number of amides is 1. The first-order chi connectivity index (χ1) is 7.11. The van der Waals surface area contributed by atoms with Gasteiger partial charge < -0.3 is 4.90 Å². The summed E-state index contributed by atoms with van der Waals surface area (Å²) < 4.78 is 1.58. The molecule has 0 saturated carbocycles. The van der Waals surface area contributed by atoms with Crippen LogP contribution in [0.15, 0.2) is 30.5 Å². The summed E-state index contributed by atoms with van der Waals surface area (Å²) in [7, 11) is 3.44. The van der Waals surface area contributed by atoms with Crippen LogP contribution in [0.2, 0.25) is 5.02 Å². The lowest BCUT2D eigenvalue weighted by molar-refractivity contribution is 0.220. The molecule has 0 unspecified atom stereocenters. The lowest BCUT2D eigenvalue weighted by atomic mass is 10.2. The molecule has 1 amide bonds. The second kappa shape index (κ2) is 3.59. The third-order valence-electron chi connectivity index (χ3n) is 2.27. The number of nitrogens with zero attached hydrogens (tertiary/aromatic N) is 2. The van der Waals surface area contributed by atoms with E-state index < -0.39 is 0 Å². The van der Waals surface area contributed by atoms with E-state index in [1.165, 1.54) is 4.90 Å². The Hall–Kier alpha value is -1.48. The van der Waals surface area contributed by atoms with E-state index in [4.69, 9.17) is 11.6 Å². The highest BCUT2D eigenvalue weighted by atomic mass is 35.5. The van der Waals surface area contributed by atoms with Crippen molar-refractivity contribution < 1.29 is 4.79 Å². The van der Waals surface area contributed by atoms with Gasteiger partial charge in [-0.3, -0.25) is 4.57 Å². The number of rotatable bonds is 0. The highest BCUT2D eigenvalue weighted by Crippen LogP contribution is 2.24. The zero-order valence-corrected chi connectivity index (χ0v) is 9.32. The second-order valence-electron chi connectivity index (χ2n) is 3.54. The number of halogens is 1. The van der Waals surface area contributed by atoms with Gasteiger partial charge in [0.15, 0.2) is 0 Å². The van der Waals surface area contributed by atoms with Gasteiger partial charge in [0.2, 0.25) is 0 Å². The van der Waals surface area contributed by atoms with Crippen LogP contribution >= 0.6 is 11.6 Å². The van der Waals surface area contributed by atoms with Crippen molar-refractivity contribution in [2.24, 2.45) is 0 Å². The fourth-order valence-corrected chi connectivity index (χ4v) is 1.74. The lowest BCUT2D eigenvalue weighted by Crippen LogP contribution is -2.26. The topological polar surface area (TPSA) is 25.2 Å². The molecule has 1 heterocycles. The molecular formula is C11H11ClN2O. The average molecular weight is 223 g/mol. The summed E-state index contributed by atoms with van der Waals surface area (Å²) in [6.45, 7) is 0. The molecule has 0 saturated heterocycles. The van der Waals surface area contributed by atoms with Crippen LogP contribution in [0.4, 0.5) is 4.79 Å². The smallest absolute Gasteiger partial charge is 0.328 e. The minimum atomic E-state index is -0.0766. The summed E-state index contributed by atoms with van der Waals surface area (Å²) in [6.07, 6.45) is 1.74. The molecule has 0 spiro atoms. The molecule has 0 N–H and O–H groups in total. The van der Waals surface area contributed by atoms with Crippen molar-refractivity contribution in [3.05, 3.63) is 35.5 Å². The Kier molecular flexibility index (Phi) is 2.40. The van der Waals surface area contributed by atoms with Crippen molar-refractivity contribution in [3.63, 3.8) is 0 Å². The standard InChI is InChI=1S/C11H11ClN2O/c1-13(2)11(15)14-7-6-8-9(12)4-3-5-10(8)14/h3-7H,1-2H3. The first-order valence-electron chi connectivity index (χ1n) is 4.58. The fraction of sp³-hybridized carbons (Fsp3) is 0.182. The number of benzene rings is 1. The molecule has 15 heavy (non-hydrogen) atoms. The van der Waals surface area contributed by atoms with Gasteiger partial charge in [0.05, 0.1) is 5.52 Å². The second-order valence-corrected chi connectivity index (χ2v) is 3.94. The van der Waals surface area contributed by atoms with Crippen molar-refractivity contribution in [2.45, 2.75) is 0 Å². The van der Waals surface area contributed by atoms with Crippen molar-refractivity contribution in [3.8, 4) is 0 Å². The summed E-state index contributed by atoms with van der Waals surface area (Å²) >= 11 is 6.02. The van der Waals surface area contributed by atoms with E-state index in [1.807, 2.05) is 24.3 Å². The molecule has 0 aliphatic rings. The number of fused-ring (bicyclic) bond motifs is 1. The fourth-order valence-electron chi connectivity index (χ4n) is 1.51. The van der Waals surface area contributed by atoms with Crippen molar-refractivity contribution in [1.29, 1.82) is 0 Å². The third kappa shape index (κ3) is 1.59. The SMILES string of the molecule is CN(C)C(=O)n1ccc2c(Cl)cccc21. The summed E-state index contributed by atoms with van der Waals surface area (Å²) in [5.74, 6) is 0. The summed E-state index contributed by atoms with van der Waals surface area (Å²) in [4.78, 5) is 13.3. The molecular weight excluding hydrogens is 212 g/mol. The zero-order valence-electron chi connectivity index (χ0n) is 8.57. The van der Waals surface area contributed by atoms with Crippen LogP contribution in [0.3, 0.4) is 0 Å². The van der Waals surface area contributed by atoms with Crippen LogP contribution in [-0.2, 0) is 0 Å². The lowest BCUT2D eigenvalue weighted by Gasteiger charge is -2.11. The number of carbonyl (C=O) groups is 1. The quantitative estimate of drug-likeness (QED) is 0.673. The van der Waals surface area contributed by atoms with Gasteiger partial charge in [-0.1, -0.05) is 17.7 Å². The number of hydrogen-bond acceptors (Lipinski definition) is 1. The van der Waals surface area contributed by atoms with Crippen LogP contribution in [0.5, 0.6) is 0 Å². The molecule has 0 bridgehead atoms. The predicted molar refractivity (Wildman–Crippen MR) is 61.4 cm³/mol. The highest BCUT2D eigenvalue weighted by molar-refractivity contribution is 6.35. The van der Waals surface area contributed by atoms with Crippen molar-refractivity contribution >= 4 is 28.5 Å². The number of carbonyl (C=O) groups excluding carboxylic acids is 1. The van der Waals surface area contributed by atoms with Crippen LogP contribution in [0.25, 0.3) is 10.9 Å². The van der Waals surface area contributed by atoms with E-state index in [0.717, 1.165) is 10.9 Å². The van der Waals surface area contributed by atoms with Crippen LogP contribution in [0, 0.1) is 0 Å². The molecule has 0 atom stereocenters. The summed E-state index contributed by atoms with van der Waals surface area (Å²) in [5, 5.41) is 1.56. The van der Waals surface area contributed by atoms with Gasteiger partial charge in [0.1, 0.15) is 0 Å². The van der Waals surface area contributed by atoms with Gasteiger partial charge >= 0.3 is 6.03 Å². The Morgan fingerprint density at radius 3 is 2.73 bits per heavy atom. The summed E-state index contributed by atoms with van der Waals surface area (Å²) in [5.41, 5.74) is 0.834. The van der Waals surface area contributed by atoms with Crippen molar-refractivity contribution in [1.82, 2.24) is 9.47 Å². The highest BCUT2D eigenvalue weighted by Gasteiger charge is 2.11. The van der Waals surface area contributed by atoms with E-state index in [-0.39, 0.29) is 6.03 Å². The Labute approximate surface area is 92.9 Å². The van der Waals surface area contributed by atoms with Gasteiger partial charge in [0.25, 0.3) is 0 Å². The normalized spacial score (nSPS) is 10.6. The average Bonchev–Trinajstić information content (AvgIpc) is 2.61. The van der Waals surface area contributed by atoms with Crippen LogP contribution in [0.1, 0.15) is 0 Å². The maximum atomic E-state index is 11.8. The molecule has 0 fully saturated rings. The van der Waals surface area contributed by atoms with E-state index in [2.05, 4.69) is 0 Å². The van der Waals surface area contributed by atoms with Gasteiger partial charge in [-0.2, -0.15) is 0 Å². The molecule has 0 aliphatic heterocycles. The zero-order chi connectivity index (χ0) is 11.0.